The molecule has 2 rings (SSSR count). The highest BCUT2D eigenvalue weighted by molar-refractivity contribution is 7.89. The van der Waals surface area contributed by atoms with E-state index in [2.05, 4.69) is 0 Å². The number of sulfonamides is 1. The molecular formula is C12H21NO5S. The van der Waals surface area contributed by atoms with Crippen molar-refractivity contribution in [1.29, 1.82) is 0 Å². The normalized spacial score (nSPS) is 31.2. The Labute approximate surface area is 113 Å². The van der Waals surface area contributed by atoms with Gasteiger partial charge < -0.3 is 9.84 Å². The smallest absolute Gasteiger partial charge is 0.322 e. The second-order valence-corrected chi connectivity index (χ2v) is 7.54. The van der Waals surface area contributed by atoms with E-state index in [1.54, 1.807) is 0 Å². The second kappa shape index (κ2) is 5.76. The van der Waals surface area contributed by atoms with Gasteiger partial charge in [0.05, 0.1) is 5.25 Å². The van der Waals surface area contributed by atoms with Crippen molar-refractivity contribution in [3.8, 4) is 0 Å². The summed E-state index contributed by atoms with van der Waals surface area (Å²) in [5.74, 6) is -1.18. The van der Waals surface area contributed by atoms with Crippen LogP contribution in [0.25, 0.3) is 0 Å². The number of carboxylic acid groups (broad SMARTS) is 1. The Balaban J connectivity index is 2.23. The Kier molecular flexibility index (Phi) is 4.47. The van der Waals surface area contributed by atoms with Crippen LogP contribution in [-0.4, -0.2) is 54.8 Å². The fourth-order valence-corrected chi connectivity index (χ4v) is 5.14. The number of carbonyl (C=O) groups is 1. The van der Waals surface area contributed by atoms with Crippen LogP contribution in [0.1, 0.15) is 32.6 Å². The first-order valence-corrected chi connectivity index (χ1v) is 8.26. The van der Waals surface area contributed by atoms with Gasteiger partial charge in [-0.25, -0.2) is 8.42 Å². The minimum Gasteiger partial charge on any atom is -0.480 e. The summed E-state index contributed by atoms with van der Waals surface area (Å²) in [5.41, 5.74) is 0. The van der Waals surface area contributed by atoms with E-state index in [-0.39, 0.29) is 5.92 Å². The van der Waals surface area contributed by atoms with Crippen LogP contribution < -0.4 is 0 Å². The van der Waals surface area contributed by atoms with E-state index in [9.17, 15) is 18.3 Å². The monoisotopic (exact) mass is 291 g/mol. The summed E-state index contributed by atoms with van der Waals surface area (Å²) < 4.78 is 31.6. The Morgan fingerprint density at radius 2 is 1.89 bits per heavy atom. The van der Waals surface area contributed by atoms with Crippen LogP contribution in [0.5, 0.6) is 0 Å². The fourth-order valence-electron chi connectivity index (χ4n) is 2.97. The zero-order valence-corrected chi connectivity index (χ0v) is 11.9. The molecule has 0 spiro atoms. The Morgan fingerprint density at radius 1 is 1.26 bits per heavy atom. The molecular weight excluding hydrogens is 270 g/mol. The number of nitrogens with zero attached hydrogens (tertiary/aromatic N) is 1. The van der Waals surface area contributed by atoms with Crippen LogP contribution in [-0.2, 0) is 19.6 Å². The predicted octanol–water partition coefficient (Wildman–Crippen LogP) is 0.680. The van der Waals surface area contributed by atoms with Crippen molar-refractivity contribution < 1.29 is 23.1 Å². The van der Waals surface area contributed by atoms with E-state index in [4.69, 9.17) is 4.74 Å². The van der Waals surface area contributed by atoms with Crippen molar-refractivity contribution >= 4 is 16.0 Å². The first kappa shape index (κ1) is 14.7. The number of rotatable bonds is 3. The van der Waals surface area contributed by atoms with Gasteiger partial charge in [0.1, 0.15) is 6.04 Å². The maximum absolute atomic E-state index is 12.6. The first-order chi connectivity index (χ1) is 8.94. The number of carboxylic acids is 1. The molecule has 110 valence electrons. The maximum Gasteiger partial charge on any atom is 0.322 e. The lowest BCUT2D eigenvalue weighted by Crippen LogP contribution is -2.54. The van der Waals surface area contributed by atoms with Gasteiger partial charge in [-0.15, -0.1) is 0 Å². The molecule has 2 unspecified atom stereocenters. The topological polar surface area (TPSA) is 83.9 Å². The van der Waals surface area contributed by atoms with Crippen molar-refractivity contribution in [2.75, 3.05) is 19.8 Å². The van der Waals surface area contributed by atoms with Crippen molar-refractivity contribution in [1.82, 2.24) is 4.31 Å². The summed E-state index contributed by atoms with van der Waals surface area (Å²) in [5, 5.41) is 8.82. The average Bonchev–Trinajstić information content (AvgIpc) is 2.39. The largest absolute Gasteiger partial charge is 0.480 e. The standard InChI is InChI=1S/C12H21NO5S/c1-9-3-2-6-13(11(9)12(14)15)19(16,17)10-4-7-18-8-5-10/h9-11H,2-8H2,1H3,(H,14,15). The Hall–Kier alpha value is -0.660. The van der Waals surface area contributed by atoms with Gasteiger partial charge in [-0.1, -0.05) is 6.92 Å². The lowest BCUT2D eigenvalue weighted by molar-refractivity contribution is -0.144. The molecule has 0 aromatic rings. The zero-order chi connectivity index (χ0) is 14.0. The SMILES string of the molecule is CC1CCCN(S(=O)(=O)C2CCOCC2)C1C(=O)O. The van der Waals surface area contributed by atoms with Crippen molar-refractivity contribution in [3.63, 3.8) is 0 Å². The third-order valence-corrected chi connectivity index (χ3v) is 6.43. The highest BCUT2D eigenvalue weighted by Crippen LogP contribution is 2.30. The molecule has 2 saturated heterocycles. The first-order valence-electron chi connectivity index (χ1n) is 6.76. The van der Waals surface area contributed by atoms with Crippen molar-refractivity contribution in [2.45, 2.75) is 43.9 Å². The van der Waals surface area contributed by atoms with Gasteiger partial charge >= 0.3 is 5.97 Å². The molecule has 0 amide bonds. The summed E-state index contributed by atoms with van der Waals surface area (Å²) in [4.78, 5) is 11.4. The quantitative estimate of drug-likeness (QED) is 0.826. The summed E-state index contributed by atoms with van der Waals surface area (Å²) in [6.07, 6.45) is 2.41. The molecule has 0 radical (unpaired) electrons. The molecule has 0 aromatic carbocycles. The number of hydrogen-bond donors (Lipinski definition) is 1. The van der Waals surface area contributed by atoms with E-state index in [1.807, 2.05) is 6.92 Å². The summed E-state index contributed by atoms with van der Waals surface area (Å²) in [7, 11) is -3.54. The molecule has 2 aliphatic rings. The third-order valence-electron chi connectivity index (χ3n) is 4.06. The molecule has 0 aromatic heterocycles. The number of piperidine rings is 1. The van der Waals surface area contributed by atoms with E-state index in [0.29, 0.717) is 32.6 Å². The summed E-state index contributed by atoms with van der Waals surface area (Å²) in [6.45, 7) is 3.00. The molecule has 0 saturated carbocycles. The molecule has 2 fully saturated rings. The lowest BCUT2D eigenvalue weighted by Gasteiger charge is -2.38. The minimum absolute atomic E-state index is 0.138. The Bertz CT molecular complexity index is 429. The van der Waals surface area contributed by atoms with Crippen molar-refractivity contribution in [2.24, 2.45) is 5.92 Å². The fraction of sp³-hybridized carbons (Fsp3) is 0.917. The van der Waals surface area contributed by atoms with Gasteiger partial charge in [0, 0.05) is 19.8 Å². The molecule has 7 heteroatoms. The van der Waals surface area contributed by atoms with Crippen LogP contribution in [0.2, 0.25) is 0 Å². The third kappa shape index (κ3) is 2.93. The second-order valence-electron chi connectivity index (χ2n) is 5.37. The maximum atomic E-state index is 12.6. The minimum atomic E-state index is -3.54. The van der Waals surface area contributed by atoms with Crippen LogP contribution in [0, 0.1) is 5.92 Å². The molecule has 0 aliphatic carbocycles. The number of aliphatic carboxylic acids is 1. The lowest BCUT2D eigenvalue weighted by atomic mass is 9.93. The van der Waals surface area contributed by atoms with Gasteiger partial charge in [0.25, 0.3) is 0 Å². The van der Waals surface area contributed by atoms with Crippen LogP contribution in [0.4, 0.5) is 0 Å². The molecule has 0 bridgehead atoms. The number of ether oxygens (including phenoxy) is 1. The summed E-state index contributed by atoms with van der Waals surface area (Å²) in [6, 6.07) is -0.915. The van der Waals surface area contributed by atoms with Crippen LogP contribution in [0.3, 0.4) is 0 Å². The van der Waals surface area contributed by atoms with E-state index >= 15 is 0 Å². The van der Waals surface area contributed by atoms with Gasteiger partial charge in [0.2, 0.25) is 10.0 Å². The average molecular weight is 291 g/mol. The van der Waals surface area contributed by atoms with Crippen LogP contribution in [0.15, 0.2) is 0 Å². The predicted molar refractivity (Wildman–Crippen MR) is 69.3 cm³/mol. The molecule has 2 heterocycles. The van der Waals surface area contributed by atoms with Gasteiger partial charge in [-0.2, -0.15) is 4.31 Å². The van der Waals surface area contributed by atoms with E-state index in [0.717, 1.165) is 12.8 Å². The highest BCUT2D eigenvalue weighted by atomic mass is 32.2. The van der Waals surface area contributed by atoms with Gasteiger partial charge in [0.15, 0.2) is 0 Å². The van der Waals surface area contributed by atoms with Gasteiger partial charge in [-0.05, 0) is 31.6 Å². The van der Waals surface area contributed by atoms with E-state index in [1.165, 1.54) is 4.31 Å². The molecule has 2 atom stereocenters. The molecule has 6 nitrogen and oxygen atoms in total. The summed E-state index contributed by atoms with van der Waals surface area (Å²) >= 11 is 0. The van der Waals surface area contributed by atoms with Crippen molar-refractivity contribution in [3.05, 3.63) is 0 Å². The van der Waals surface area contributed by atoms with Crippen LogP contribution >= 0.6 is 0 Å². The number of hydrogen-bond acceptors (Lipinski definition) is 4. The molecule has 2 aliphatic heterocycles. The van der Waals surface area contributed by atoms with Gasteiger partial charge in [-0.3, -0.25) is 4.79 Å². The van der Waals surface area contributed by atoms with E-state index < -0.39 is 27.3 Å². The molecule has 1 N–H and O–H groups in total. The Morgan fingerprint density at radius 3 is 2.47 bits per heavy atom. The molecule has 19 heavy (non-hydrogen) atoms. The zero-order valence-electron chi connectivity index (χ0n) is 11.1. The highest BCUT2D eigenvalue weighted by Gasteiger charge is 2.44.